The van der Waals surface area contributed by atoms with Gasteiger partial charge in [-0.25, -0.2) is 4.79 Å². The van der Waals surface area contributed by atoms with E-state index in [1.165, 1.54) is 6.07 Å². The maximum absolute atomic E-state index is 11.1. The fraction of sp³-hybridized carbons (Fsp3) is 0.133. The molecule has 0 heterocycles. The Bertz CT molecular complexity index is 585. The Morgan fingerprint density at radius 3 is 2.60 bits per heavy atom. The highest BCUT2D eigenvalue weighted by atomic mass is 16.5. The smallest absolute Gasteiger partial charge is 0.337 e. The summed E-state index contributed by atoms with van der Waals surface area (Å²) in [5, 5.41) is 12.1. The molecule has 0 spiro atoms. The quantitative estimate of drug-likeness (QED) is 0.555. The Balaban J connectivity index is 1.93. The van der Waals surface area contributed by atoms with Gasteiger partial charge in [0.1, 0.15) is 12.4 Å². The van der Waals surface area contributed by atoms with Crippen LogP contribution in [0, 0.1) is 0 Å². The number of rotatable bonds is 6. The van der Waals surface area contributed by atoms with Crippen LogP contribution in [0.5, 0.6) is 5.75 Å². The maximum atomic E-state index is 11.1. The highest BCUT2D eigenvalue weighted by Gasteiger charge is 2.11. The third-order valence-corrected chi connectivity index (χ3v) is 2.74. The third kappa shape index (κ3) is 3.41. The van der Waals surface area contributed by atoms with E-state index < -0.39 is 5.97 Å². The number of carboxylic acid groups (broad SMARTS) is 1. The van der Waals surface area contributed by atoms with Gasteiger partial charge in [-0.1, -0.05) is 24.3 Å². The molecule has 0 aliphatic rings. The topological polar surface area (TPSA) is 84.6 Å². The summed E-state index contributed by atoms with van der Waals surface area (Å²) in [5.41, 5.74) is 6.78. The van der Waals surface area contributed by atoms with E-state index in [2.05, 4.69) is 5.32 Å². The molecule has 4 N–H and O–H groups in total. The Kier molecular flexibility index (Phi) is 4.44. The Labute approximate surface area is 117 Å². The van der Waals surface area contributed by atoms with E-state index in [1.807, 2.05) is 30.3 Å². The van der Waals surface area contributed by atoms with E-state index in [-0.39, 0.29) is 5.56 Å². The number of benzene rings is 2. The Morgan fingerprint density at radius 1 is 1.15 bits per heavy atom. The normalized spacial score (nSPS) is 10.0. The van der Waals surface area contributed by atoms with Crippen LogP contribution in [-0.4, -0.2) is 24.2 Å². The molecule has 0 saturated heterocycles. The molecule has 2 aromatic carbocycles. The van der Waals surface area contributed by atoms with Crippen molar-refractivity contribution in [1.82, 2.24) is 0 Å². The van der Waals surface area contributed by atoms with Gasteiger partial charge in [0.2, 0.25) is 0 Å². The van der Waals surface area contributed by atoms with Crippen LogP contribution in [0.15, 0.2) is 48.5 Å². The largest absolute Gasteiger partial charge is 0.492 e. The minimum Gasteiger partial charge on any atom is -0.492 e. The Morgan fingerprint density at radius 2 is 1.90 bits per heavy atom. The van der Waals surface area contributed by atoms with E-state index in [0.29, 0.717) is 24.5 Å². The van der Waals surface area contributed by atoms with Crippen LogP contribution in [0.2, 0.25) is 0 Å². The van der Waals surface area contributed by atoms with E-state index in [0.717, 1.165) is 5.75 Å². The molecular formula is C15H16N2O3. The summed E-state index contributed by atoms with van der Waals surface area (Å²) >= 11 is 0. The molecule has 0 fully saturated rings. The number of aromatic carboxylic acids is 1. The lowest BCUT2D eigenvalue weighted by Crippen LogP contribution is -2.15. The lowest BCUT2D eigenvalue weighted by atomic mass is 10.1. The van der Waals surface area contributed by atoms with Crippen LogP contribution in [0.25, 0.3) is 0 Å². The molecule has 2 rings (SSSR count). The van der Waals surface area contributed by atoms with Gasteiger partial charge in [0, 0.05) is 6.54 Å². The number of para-hydroxylation sites is 2. The van der Waals surface area contributed by atoms with Crippen LogP contribution < -0.4 is 15.8 Å². The predicted octanol–water partition coefficient (Wildman–Crippen LogP) is 2.46. The first-order valence-electron chi connectivity index (χ1n) is 6.22. The Hall–Kier alpha value is -2.69. The highest BCUT2D eigenvalue weighted by molar-refractivity contribution is 5.97. The number of nitrogens with one attached hydrogen (secondary N) is 1. The van der Waals surface area contributed by atoms with Gasteiger partial charge in [0.05, 0.1) is 16.9 Å². The zero-order valence-corrected chi connectivity index (χ0v) is 10.9. The summed E-state index contributed by atoms with van der Waals surface area (Å²) in [4.78, 5) is 11.1. The van der Waals surface area contributed by atoms with E-state index in [9.17, 15) is 4.79 Å². The summed E-state index contributed by atoms with van der Waals surface area (Å²) < 4.78 is 5.52. The fourth-order valence-corrected chi connectivity index (χ4v) is 1.81. The zero-order valence-electron chi connectivity index (χ0n) is 10.9. The average Bonchev–Trinajstić information content (AvgIpc) is 2.45. The number of hydrogen-bond acceptors (Lipinski definition) is 4. The van der Waals surface area contributed by atoms with Gasteiger partial charge < -0.3 is 20.9 Å². The number of hydrogen-bond donors (Lipinski definition) is 3. The molecule has 0 radical (unpaired) electrons. The van der Waals surface area contributed by atoms with Crippen molar-refractivity contribution in [2.75, 3.05) is 24.2 Å². The van der Waals surface area contributed by atoms with Crippen molar-refractivity contribution in [3.05, 3.63) is 54.1 Å². The van der Waals surface area contributed by atoms with Crippen LogP contribution in [0.1, 0.15) is 10.4 Å². The highest BCUT2D eigenvalue weighted by Crippen LogP contribution is 2.23. The molecule has 5 heteroatoms. The number of anilines is 2. The summed E-state index contributed by atoms with van der Waals surface area (Å²) in [6, 6.07) is 14.2. The van der Waals surface area contributed by atoms with Crippen molar-refractivity contribution in [2.45, 2.75) is 0 Å². The molecule has 5 nitrogen and oxygen atoms in total. The maximum Gasteiger partial charge on any atom is 0.337 e. The van der Waals surface area contributed by atoms with Gasteiger partial charge in [0.15, 0.2) is 0 Å². The summed E-state index contributed by atoms with van der Waals surface area (Å²) in [6.45, 7) is 0.876. The molecule has 0 aliphatic carbocycles. The second-order valence-electron chi connectivity index (χ2n) is 4.16. The first kappa shape index (κ1) is 13.7. The summed E-state index contributed by atoms with van der Waals surface area (Å²) in [5.74, 6) is -0.238. The van der Waals surface area contributed by atoms with Crippen molar-refractivity contribution >= 4 is 17.3 Å². The van der Waals surface area contributed by atoms with Crippen molar-refractivity contribution < 1.29 is 14.6 Å². The predicted molar refractivity (Wildman–Crippen MR) is 78.2 cm³/mol. The lowest BCUT2D eigenvalue weighted by Gasteiger charge is -2.12. The van der Waals surface area contributed by atoms with E-state index in [1.54, 1.807) is 12.1 Å². The van der Waals surface area contributed by atoms with E-state index >= 15 is 0 Å². The first-order valence-corrected chi connectivity index (χ1v) is 6.22. The van der Waals surface area contributed by atoms with Gasteiger partial charge in [-0.3, -0.25) is 0 Å². The van der Waals surface area contributed by atoms with Crippen LogP contribution >= 0.6 is 0 Å². The number of nitrogen functional groups attached to an aromatic ring is 1. The molecule has 0 aromatic heterocycles. The van der Waals surface area contributed by atoms with Gasteiger partial charge in [-0.15, -0.1) is 0 Å². The molecule has 20 heavy (non-hydrogen) atoms. The average molecular weight is 272 g/mol. The van der Waals surface area contributed by atoms with Crippen molar-refractivity contribution in [3.8, 4) is 5.75 Å². The van der Waals surface area contributed by atoms with Crippen LogP contribution in [0.4, 0.5) is 11.4 Å². The zero-order chi connectivity index (χ0) is 14.4. The van der Waals surface area contributed by atoms with Crippen LogP contribution in [0.3, 0.4) is 0 Å². The van der Waals surface area contributed by atoms with E-state index in [4.69, 9.17) is 15.6 Å². The molecule has 0 amide bonds. The summed E-state index contributed by atoms with van der Waals surface area (Å²) in [6.07, 6.45) is 0. The molecule has 0 atom stereocenters. The second kappa shape index (κ2) is 6.47. The number of carbonyl (C=O) groups is 1. The lowest BCUT2D eigenvalue weighted by molar-refractivity contribution is 0.0698. The van der Waals surface area contributed by atoms with Crippen molar-refractivity contribution in [2.24, 2.45) is 0 Å². The SMILES string of the molecule is Nc1cccc(C(=O)O)c1NCCOc1ccccc1. The van der Waals surface area contributed by atoms with Gasteiger partial charge in [-0.2, -0.15) is 0 Å². The molecular weight excluding hydrogens is 256 g/mol. The second-order valence-corrected chi connectivity index (χ2v) is 4.16. The van der Waals surface area contributed by atoms with Gasteiger partial charge in [0.25, 0.3) is 0 Å². The van der Waals surface area contributed by atoms with Crippen molar-refractivity contribution in [3.63, 3.8) is 0 Å². The molecule has 0 aliphatic heterocycles. The number of carboxylic acids is 1. The van der Waals surface area contributed by atoms with Crippen LogP contribution in [-0.2, 0) is 0 Å². The standard InChI is InChI=1S/C15H16N2O3/c16-13-8-4-7-12(15(18)19)14(13)17-9-10-20-11-5-2-1-3-6-11/h1-8,17H,9-10,16H2,(H,18,19). The third-order valence-electron chi connectivity index (χ3n) is 2.74. The molecule has 0 saturated carbocycles. The number of ether oxygens (including phenoxy) is 1. The minimum atomic E-state index is -1.01. The first-order chi connectivity index (χ1) is 9.68. The summed E-state index contributed by atoms with van der Waals surface area (Å²) in [7, 11) is 0. The molecule has 0 bridgehead atoms. The molecule has 0 unspecified atom stereocenters. The van der Waals surface area contributed by atoms with Crippen molar-refractivity contribution in [1.29, 1.82) is 0 Å². The number of nitrogens with two attached hydrogens (primary N) is 1. The minimum absolute atomic E-state index is 0.157. The fourth-order valence-electron chi connectivity index (χ4n) is 1.81. The molecule has 104 valence electrons. The van der Waals surface area contributed by atoms with Gasteiger partial charge in [-0.05, 0) is 24.3 Å². The monoisotopic (exact) mass is 272 g/mol. The van der Waals surface area contributed by atoms with Gasteiger partial charge >= 0.3 is 5.97 Å². The molecule has 2 aromatic rings.